The molecule has 1 aromatic carbocycles. The Morgan fingerprint density at radius 1 is 1.25 bits per heavy atom. The van der Waals surface area contributed by atoms with Gasteiger partial charge in [0.05, 0.1) is 25.3 Å². The Morgan fingerprint density at radius 2 is 2.11 bits per heavy atom. The van der Waals surface area contributed by atoms with E-state index in [-0.39, 0.29) is 12.3 Å². The number of piperidine rings is 1. The molecule has 3 heterocycles. The van der Waals surface area contributed by atoms with E-state index in [0.29, 0.717) is 25.3 Å². The van der Waals surface area contributed by atoms with E-state index in [4.69, 9.17) is 4.74 Å². The maximum absolute atomic E-state index is 11.3. The number of benzene rings is 1. The van der Waals surface area contributed by atoms with E-state index in [2.05, 4.69) is 21.7 Å². The number of aromatic nitrogens is 2. The summed E-state index contributed by atoms with van der Waals surface area (Å²) in [5.74, 6) is 7.12. The molecule has 36 heavy (non-hydrogen) atoms. The maximum Gasteiger partial charge on any atom is 0.303 e. The first kappa shape index (κ1) is 25.7. The number of pyridine rings is 1. The highest BCUT2D eigenvalue weighted by molar-refractivity contribution is 5.83. The van der Waals surface area contributed by atoms with Gasteiger partial charge in [0.2, 0.25) is 0 Å². The van der Waals surface area contributed by atoms with Crippen molar-refractivity contribution < 1.29 is 19.7 Å². The van der Waals surface area contributed by atoms with E-state index >= 15 is 0 Å². The van der Waals surface area contributed by atoms with Crippen molar-refractivity contribution in [2.45, 2.75) is 38.2 Å². The molecule has 1 fully saturated rings. The van der Waals surface area contributed by atoms with Gasteiger partial charge in [-0.1, -0.05) is 11.8 Å². The SMILES string of the molecule is COc1ccc2nccc([C@@H](O)CCC3CCN(CC#Cc4ccn(C)c4)CC3CCC(=O)O)c2c1. The lowest BCUT2D eigenvalue weighted by molar-refractivity contribution is -0.137. The predicted octanol–water partition coefficient (Wildman–Crippen LogP) is 4.25. The van der Waals surface area contributed by atoms with Crippen LogP contribution in [-0.2, 0) is 11.8 Å². The van der Waals surface area contributed by atoms with Gasteiger partial charge in [0, 0.05) is 49.6 Å². The maximum atomic E-state index is 11.3. The molecule has 4 rings (SSSR count). The van der Waals surface area contributed by atoms with Crippen LogP contribution in [0.2, 0.25) is 0 Å². The second kappa shape index (κ2) is 12.1. The van der Waals surface area contributed by atoms with E-state index in [9.17, 15) is 15.0 Å². The predicted molar refractivity (Wildman–Crippen MR) is 140 cm³/mol. The minimum atomic E-state index is -0.757. The van der Waals surface area contributed by atoms with Gasteiger partial charge in [-0.15, -0.1) is 0 Å². The lowest BCUT2D eigenvalue weighted by Gasteiger charge is -2.38. The first-order chi connectivity index (χ1) is 17.4. The Balaban J connectivity index is 1.39. The largest absolute Gasteiger partial charge is 0.497 e. The summed E-state index contributed by atoms with van der Waals surface area (Å²) in [5, 5.41) is 21.3. The van der Waals surface area contributed by atoms with Gasteiger partial charge < -0.3 is 19.5 Å². The second-order valence-electron chi connectivity index (χ2n) is 9.72. The van der Waals surface area contributed by atoms with Gasteiger partial charge in [-0.25, -0.2) is 0 Å². The number of nitrogens with zero attached hydrogens (tertiary/aromatic N) is 3. The Bertz CT molecular complexity index is 1240. The number of carbonyl (C=O) groups is 1. The summed E-state index contributed by atoms with van der Waals surface area (Å²) >= 11 is 0. The number of methoxy groups -OCH3 is 1. The van der Waals surface area contributed by atoms with E-state index in [1.807, 2.05) is 54.3 Å². The third-order valence-corrected chi connectivity index (χ3v) is 7.22. The van der Waals surface area contributed by atoms with E-state index < -0.39 is 12.1 Å². The molecule has 1 saturated heterocycles. The van der Waals surface area contributed by atoms with Gasteiger partial charge in [-0.05, 0) is 80.0 Å². The smallest absolute Gasteiger partial charge is 0.303 e. The molecule has 2 unspecified atom stereocenters. The van der Waals surface area contributed by atoms with Crippen molar-refractivity contribution in [3.63, 3.8) is 0 Å². The highest BCUT2D eigenvalue weighted by atomic mass is 16.5. The van der Waals surface area contributed by atoms with Gasteiger partial charge in [-0.2, -0.15) is 0 Å². The number of aliphatic hydroxyl groups excluding tert-OH is 1. The van der Waals surface area contributed by atoms with Gasteiger partial charge in [0.1, 0.15) is 5.75 Å². The van der Waals surface area contributed by atoms with Crippen molar-refractivity contribution >= 4 is 16.9 Å². The topological polar surface area (TPSA) is 87.8 Å². The highest BCUT2D eigenvalue weighted by Crippen LogP contribution is 2.35. The van der Waals surface area contributed by atoms with Crippen LogP contribution in [0, 0.1) is 23.7 Å². The minimum Gasteiger partial charge on any atom is -0.497 e. The molecule has 1 aliphatic heterocycles. The average molecular weight is 490 g/mol. The number of rotatable bonds is 9. The average Bonchev–Trinajstić information content (AvgIpc) is 3.30. The third kappa shape index (κ3) is 6.66. The fraction of sp³-hybridized carbons (Fsp3) is 0.448. The molecule has 0 saturated carbocycles. The number of aliphatic hydroxyl groups is 1. The lowest BCUT2D eigenvalue weighted by atomic mass is 9.79. The number of aliphatic carboxylic acids is 1. The van der Waals surface area contributed by atoms with Crippen LogP contribution in [0.5, 0.6) is 5.75 Å². The lowest BCUT2D eigenvalue weighted by Crippen LogP contribution is -2.41. The van der Waals surface area contributed by atoms with Crippen LogP contribution in [0.4, 0.5) is 0 Å². The van der Waals surface area contributed by atoms with Gasteiger partial charge in [-0.3, -0.25) is 14.7 Å². The van der Waals surface area contributed by atoms with Crippen LogP contribution < -0.4 is 4.74 Å². The summed E-state index contributed by atoms with van der Waals surface area (Å²) in [7, 11) is 3.61. The monoisotopic (exact) mass is 489 g/mol. The van der Waals surface area contributed by atoms with Crippen LogP contribution in [-0.4, -0.2) is 57.4 Å². The molecule has 0 bridgehead atoms. The molecule has 0 aliphatic carbocycles. The number of aryl methyl sites for hydroxylation is 1. The summed E-state index contributed by atoms with van der Waals surface area (Å²) in [6.45, 7) is 2.45. The molecule has 0 spiro atoms. The van der Waals surface area contributed by atoms with Crippen molar-refractivity contribution in [1.29, 1.82) is 0 Å². The number of carboxylic acid groups (broad SMARTS) is 1. The van der Waals surface area contributed by atoms with Crippen molar-refractivity contribution in [3.8, 4) is 17.6 Å². The molecule has 0 radical (unpaired) electrons. The fourth-order valence-corrected chi connectivity index (χ4v) is 5.24. The van der Waals surface area contributed by atoms with Gasteiger partial charge in [0.25, 0.3) is 0 Å². The Hall–Kier alpha value is -3.34. The zero-order valence-electron chi connectivity index (χ0n) is 21.1. The summed E-state index contributed by atoms with van der Waals surface area (Å²) in [4.78, 5) is 18.0. The Labute approximate surface area is 212 Å². The van der Waals surface area contributed by atoms with E-state index in [0.717, 1.165) is 53.7 Å². The Kier molecular flexibility index (Phi) is 8.63. The third-order valence-electron chi connectivity index (χ3n) is 7.22. The van der Waals surface area contributed by atoms with Crippen molar-refractivity contribution in [2.24, 2.45) is 18.9 Å². The molecule has 7 heteroatoms. The second-order valence-corrected chi connectivity index (χ2v) is 9.72. The molecule has 2 aromatic heterocycles. The number of likely N-dealkylation sites (tertiary alicyclic amines) is 1. The quantitative estimate of drug-likeness (QED) is 0.437. The van der Waals surface area contributed by atoms with E-state index in [1.165, 1.54) is 0 Å². The highest BCUT2D eigenvalue weighted by Gasteiger charge is 2.29. The van der Waals surface area contributed by atoms with Gasteiger partial charge in [0.15, 0.2) is 0 Å². The van der Waals surface area contributed by atoms with Crippen LogP contribution in [0.15, 0.2) is 48.9 Å². The molecule has 7 nitrogen and oxygen atoms in total. The minimum absolute atomic E-state index is 0.169. The fourth-order valence-electron chi connectivity index (χ4n) is 5.24. The molecule has 0 amide bonds. The number of ether oxygens (including phenoxy) is 1. The standard InChI is InChI=1S/C29H35N3O4/c1-31-16-12-21(19-31)4-3-15-32-17-13-22(23(20-32)6-10-29(34)35)5-9-28(33)25-11-14-30-27-8-7-24(36-2)18-26(25)27/h7-8,11-12,14,16,18-19,22-23,28,33H,5-6,9-10,13,15,17,20H2,1-2H3,(H,34,35)/t22?,23?,28-/m0/s1. The normalized spacial score (nSPS) is 19.0. The molecular weight excluding hydrogens is 454 g/mol. The first-order valence-electron chi connectivity index (χ1n) is 12.6. The zero-order valence-corrected chi connectivity index (χ0v) is 21.1. The van der Waals surface area contributed by atoms with Crippen LogP contribution in [0.1, 0.15) is 49.3 Å². The zero-order chi connectivity index (χ0) is 25.5. The number of fused-ring (bicyclic) bond motifs is 1. The molecular formula is C29H35N3O4. The molecule has 2 N–H and O–H groups in total. The summed E-state index contributed by atoms with van der Waals surface area (Å²) in [6.07, 6.45) is 8.38. The Morgan fingerprint density at radius 3 is 2.86 bits per heavy atom. The number of carboxylic acids is 1. The summed E-state index contributed by atoms with van der Waals surface area (Å²) in [5.41, 5.74) is 2.69. The van der Waals surface area contributed by atoms with Crippen molar-refractivity contribution in [2.75, 3.05) is 26.7 Å². The summed E-state index contributed by atoms with van der Waals surface area (Å²) in [6, 6.07) is 9.58. The van der Waals surface area contributed by atoms with Gasteiger partial charge >= 0.3 is 5.97 Å². The van der Waals surface area contributed by atoms with Crippen molar-refractivity contribution in [1.82, 2.24) is 14.5 Å². The number of hydrogen-bond donors (Lipinski definition) is 2. The number of hydrogen-bond acceptors (Lipinski definition) is 5. The molecule has 3 atom stereocenters. The molecule has 190 valence electrons. The summed E-state index contributed by atoms with van der Waals surface area (Å²) < 4.78 is 7.35. The van der Waals surface area contributed by atoms with Crippen LogP contribution in [0.3, 0.4) is 0 Å². The van der Waals surface area contributed by atoms with Crippen molar-refractivity contribution in [3.05, 3.63) is 60.0 Å². The van der Waals surface area contributed by atoms with Crippen LogP contribution in [0.25, 0.3) is 10.9 Å². The molecule has 1 aliphatic rings. The first-order valence-corrected chi connectivity index (χ1v) is 12.6. The van der Waals surface area contributed by atoms with E-state index in [1.54, 1.807) is 13.3 Å². The molecule has 3 aromatic rings. The van der Waals surface area contributed by atoms with Crippen LogP contribution >= 0.6 is 0 Å².